The SMILES string of the molecule is CCOC(=O)N1CCc2c(sc(NC(=O)CSc3ccc(OC)cc3)c2-c2nc3ccccc3s2)C1. The molecule has 1 aliphatic heterocycles. The largest absolute Gasteiger partial charge is 0.497 e. The zero-order valence-corrected chi connectivity index (χ0v) is 22.4. The fraction of sp³-hybridized carbons (Fsp3) is 0.269. The Morgan fingerprint density at radius 1 is 1.14 bits per heavy atom. The maximum absolute atomic E-state index is 13.0. The summed E-state index contributed by atoms with van der Waals surface area (Å²) < 4.78 is 11.5. The molecule has 0 aliphatic carbocycles. The van der Waals surface area contributed by atoms with E-state index in [1.54, 1.807) is 30.3 Å². The average molecular weight is 540 g/mol. The summed E-state index contributed by atoms with van der Waals surface area (Å²) in [5.41, 5.74) is 3.06. The number of methoxy groups -OCH3 is 1. The van der Waals surface area contributed by atoms with E-state index in [0.29, 0.717) is 26.1 Å². The van der Waals surface area contributed by atoms with Crippen LogP contribution in [0.3, 0.4) is 0 Å². The van der Waals surface area contributed by atoms with Gasteiger partial charge in [-0.15, -0.1) is 34.4 Å². The summed E-state index contributed by atoms with van der Waals surface area (Å²) in [4.78, 5) is 34.0. The van der Waals surface area contributed by atoms with Gasteiger partial charge in [0, 0.05) is 21.9 Å². The van der Waals surface area contributed by atoms with E-state index in [1.165, 1.54) is 23.1 Å². The molecule has 0 atom stereocenters. The van der Waals surface area contributed by atoms with Crippen molar-refractivity contribution in [3.8, 4) is 16.3 Å². The molecular weight excluding hydrogens is 515 g/mol. The number of aromatic nitrogens is 1. The molecule has 0 bridgehead atoms. The van der Waals surface area contributed by atoms with E-state index in [0.717, 1.165) is 46.9 Å². The number of anilines is 1. The van der Waals surface area contributed by atoms with Crippen LogP contribution in [0.25, 0.3) is 20.8 Å². The molecule has 0 saturated heterocycles. The van der Waals surface area contributed by atoms with Gasteiger partial charge in [-0.25, -0.2) is 9.78 Å². The summed E-state index contributed by atoms with van der Waals surface area (Å²) in [5, 5.41) is 4.81. The fourth-order valence-corrected chi connectivity index (χ4v) is 7.14. The van der Waals surface area contributed by atoms with Crippen molar-refractivity contribution in [1.29, 1.82) is 0 Å². The van der Waals surface area contributed by atoms with E-state index >= 15 is 0 Å². The van der Waals surface area contributed by atoms with Gasteiger partial charge >= 0.3 is 6.09 Å². The number of thiazole rings is 1. The highest BCUT2D eigenvalue weighted by molar-refractivity contribution is 8.00. The van der Waals surface area contributed by atoms with E-state index in [4.69, 9.17) is 14.5 Å². The second-order valence-corrected chi connectivity index (χ2v) is 11.3. The second kappa shape index (κ2) is 10.9. The molecule has 5 rings (SSSR count). The summed E-state index contributed by atoms with van der Waals surface area (Å²) in [5.74, 6) is 0.979. The molecule has 0 radical (unpaired) electrons. The minimum atomic E-state index is -0.306. The van der Waals surface area contributed by atoms with Crippen molar-refractivity contribution in [1.82, 2.24) is 9.88 Å². The maximum Gasteiger partial charge on any atom is 0.410 e. The number of carbonyl (C=O) groups excluding carboxylic acids is 2. The Balaban J connectivity index is 1.41. The molecule has 2 aromatic carbocycles. The Hall–Kier alpha value is -3.08. The van der Waals surface area contributed by atoms with Crippen molar-refractivity contribution in [3.05, 3.63) is 59.0 Å². The number of thiophene rings is 1. The number of para-hydroxylation sites is 1. The molecule has 0 spiro atoms. The quantitative estimate of drug-likeness (QED) is 0.279. The lowest BCUT2D eigenvalue weighted by Crippen LogP contribution is -2.35. The van der Waals surface area contributed by atoms with Gasteiger partial charge in [-0.3, -0.25) is 4.79 Å². The smallest absolute Gasteiger partial charge is 0.410 e. The lowest BCUT2D eigenvalue weighted by atomic mass is 10.0. The van der Waals surface area contributed by atoms with Crippen LogP contribution in [0.5, 0.6) is 5.75 Å². The predicted octanol–water partition coefficient (Wildman–Crippen LogP) is 6.28. The van der Waals surface area contributed by atoms with E-state index in [2.05, 4.69) is 11.4 Å². The molecule has 1 N–H and O–H groups in total. The number of carbonyl (C=O) groups is 2. The van der Waals surface area contributed by atoms with Gasteiger partial charge in [-0.2, -0.15) is 0 Å². The van der Waals surface area contributed by atoms with Crippen molar-refractivity contribution in [2.75, 3.05) is 31.3 Å². The number of amides is 2. The Kier molecular flexibility index (Phi) is 7.45. The number of nitrogens with one attached hydrogen (secondary N) is 1. The number of rotatable bonds is 7. The molecule has 2 amide bonds. The van der Waals surface area contributed by atoms with Crippen LogP contribution in [-0.4, -0.2) is 47.9 Å². The number of benzene rings is 2. The third-order valence-corrected chi connectivity index (χ3v) is 8.97. The number of hydrogen-bond donors (Lipinski definition) is 1. The van der Waals surface area contributed by atoms with Crippen LogP contribution in [0.2, 0.25) is 0 Å². The van der Waals surface area contributed by atoms with Crippen LogP contribution in [0.4, 0.5) is 9.80 Å². The highest BCUT2D eigenvalue weighted by atomic mass is 32.2. The third kappa shape index (κ3) is 5.21. The monoisotopic (exact) mass is 539 g/mol. The molecule has 3 heterocycles. The molecular formula is C26H25N3O4S3. The second-order valence-electron chi connectivity index (χ2n) is 8.08. The molecule has 10 heteroatoms. The van der Waals surface area contributed by atoms with Crippen LogP contribution in [0, 0.1) is 0 Å². The predicted molar refractivity (Wildman–Crippen MR) is 146 cm³/mol. The normalized spacial score (nSPS) is 12.9. The first kappa shape index (κ1) is 24.6. The summed E-state index contributed by atoms with van der Waals surface area (Å²) >= 11 is 4.61. The van der Waals surface area contributed by atoms with Gasteiger partial charge in [-0.1, -0.05) is 12.1 Å². The molecule has 0 unspecified atom stereocenters. The van der Waals surface area contributed by atoms with Crippen molar-refractivity contribution in [2.45, 2.75) is 24.8 Å². The molecule has 186 valence electrons. The zero-order valence-electron chi connectivity index (χ0n) is 19.9. The van der Waals surface area contributed by atoms with Gasteiger partial charge < -0.3 is 19.7 Å². The molecule has 7 nitrogen and oxygen atoms in total. The molecule has 4 aromatic rings. The van der Waals surface area contributed by atoms with Crippen molar-refractivity contribution < 1.29 is 19.1 Å². The summed E-state index contributed by atoms with van der Waals surface area (Å²) in [6, 6.07) is 15.7. The van der Waals surface area contributed by atoms with E-state index in [9.17, 15) is 9.59 Å². The third-order valence-electron chi connectivity index (χ3n) is 5.77. The fourth-order valence-electron chi connectivity index (χ4n) is 4.05. The lowest BCUT2D eigenvalue weighted by molar-refractivity contribution is -0.113. The van der Waals surface area contributed by atoms with Gasteiger partial charge in [0.05, 0.1) is 36.2 Å². The maximum atomic E-state index is 13.0. The van der Waals surface area contributed by atoms with Crippen molar-refractivity contribution in [3.63, 3.8) is 0 Å². The average Bonchev–Trinajstić information content (AvgIpc) is 3.48. The molecule has 36 heavy (non-hydrogen) atoms. The Bertz CT molecular complexity index is 1360. The standard InChI is InChI=1S/C26H25N3O4S3/c1-3-33-26(31)29-13-12-18-21(14-29)36-25(23(18)24-27-19-6-4-5-7-20(19)35-24)28-22(30)15-34-17-10-8-16(32-2)9-11-17/h4-11H,3,12-15H2,1-2H3,(H,28,30). The van der Waals surface area contributed by atoms with Crippen molar-refractivity contribution >= 4 is 61.7 Å². The van der Waals surface area contributed by atoms with Crippen LogP contribution in [-0.2, 0) is 22.5 Å². The number of hydrogen-bond acceptors (Lipinski definition) is 8. The Labute approximate surface area is 221 Å². The van der Waals surface area contributed by atoms with E-state index < -0.39 is 0 Å². The summed E-state index contributed by atoms with van der Waals surface area (Å²) in [7, 11) is 1.63. The van der Waals surface area contributed by atoms with Gasteiger partial charge in [-0.05, 0) is 55.3 Å². The highest BCUT2D eigenvalue weighted by Crippen LogP contribution is 2.45. The number of nitrogens with zero attached hydrogens (tertiary/aromatic N) is 2. The molecule has 0 fully saturated rings. The minimum absolute atomic E-state index is 0.0842. The first-order valence-electron chi connectivity index (χ1n) is 11.5. The Morgan fingerprint density at radius 2 is 1.94 bits per heavy atom. The van der Waals surface area contributed by atoms with Crippen LogP contribution < -0.4 is 10.1 Å². The first-order valence-corrected chi connectivity index (χ1v) is 14.2. The first-order chi connectivity index (χ1) is 17.6. The van der Waals surface area contributed by atoms with E-state index in [1.807, 2.05) is 42.5 Å². The number of thioether (sulfide) groups is 1. The topological polar surface area (TPSA) is 80.8 Å². The number of fused-ring (bicyclic) bond motifs is 2. The lowest BCUT2D eigenvalue weighted by Gasteiger charge is -2.26. The van der Waals surface area contributed by atoms with Crippen molar-refractivity contribution in [2.24, 2.45) is 0 Å². The summed E-state index contributed by atoms with van der Waals surface area (Å²) in [6.07, 6.45) is 0.381. The summed E-state index contributed by atoms with van der Waals surface area (Å²) in [6.45, 7) is 3.19. The highest BCUT2D eigenvalue weighted by Gasteiger charge is 2.30. The van der Waals surface area contributed by atoms with Gasteiger partial charge in [0.2, 0.25) is 5.91 Å². The number of ether oxygens (including phenoxy) is 2. The molecule has 2 aromatic heterocycles. The van der Waals surface area contributed by atoms with Gasteiger partial charge in [0.15, 0.2) is 0 Å². The van der Waals surface area contributed by atoms with Crippen LogP contribution in [0.15, 0.2) is 53.4 Å². The Morgan fingerprint density at radius 3 is 2.69 bits per heavy atom. The molecule has 1 aliphatic rings. The molecule has 0 saturated carbocycles. The van der Waals surface area contributed by atoms with E-state index in [-0.39, 0.29) is 17.8 Å². The van der Waals surface area contributed by atoms with Crippen LogP contribution >= 0.6 is 34.4 Å². The van der Waals surface area contributed by atoms with Gasteiger partial charge in [0.25, 0.3) is 0 Å². The van der Waals surface area contributed by atoms with Gasteiger partial charge in [0.1, 0.15) is 15.8 Å². The minimum Gasteiger partial charge on any atom is -0.497 e. The van der Waals surface area contributed by atoms with Crippen LogP contribution in [0.1, 0.15) is 17.4 Å². The zero-order chi connectivity index (χ0) is 25.1.